The van der Waals surface area contributed by atoms with Crippen LogP contribution in [0.3, 0.4) is 0 Å². The molecule has 0 saturated carbocycles. The number of hydrogen-bond acceptors (Lipinski definition) is 6. The van der Waals surface area contributed by atoms with Crippen molar-refractivity contribution in [3.63, 3.8) is 0 Å². The predicted octanol–water partition coefficient (Wildman–Crippen LogP) is 4.48. The van der Waals surface area contributed by atoms with Crippen LogP contribution in [-0.4, -0.2) is 13.7 Å². The van der Waals surface area contributed by atoms with Crippen LogP contribution in [0, 0.1) is 0 Å². The molecule has 20 heavy (non-hydrogen) atoms. The quantitative estimate of drug-likeness (QED) is 0.674. The lowest BCUT2D eigenvalue weighted by molar-refractivity contribution is 1.30. The first-order valence-corrected chi connectivity index (χ1v) is 7.62. The van der Waals surface area contributed by atoms with Crippen molar-refractivity contribution in [2.45, 2.75) is 0 Å². The van der Waals surface area contributed by atoms with Gasteiger partial charge in [0, 0.05) is 10.7 Å². The molecule has 2 heterocycles. The molecule has 9 heteroatoms. The molecule has 2 aromatic heterocycles. The van der Waals surface area contributed by atoms with E-state index in [0.29, 0.717) is 38.3 Å². The Balaban J connectivity index is 2.13. The number of hydrogen-bond donors (Lipinski definition) is 2. The minimum atomic E-state index is 0.430. The Morgan fingerprint density at radius 1 is 1.15 bits per heavy atom. The minimum Gasteiger partial charge on any atom is -0.396 e. The van der Waals surface area contributed by atoms with Gasteiger partial charge in [-0.15, -0.1) is 0 Å². The highest BCUT2D eigenvalue weighted by atomic mass is 79.9. The Hall–Kier alpha value is -1.15. The van der Waals surface area contributed by atoms with Crippen LogP contribution in [0.25, 0.3) is 11.0 Å². The lowest BCUT2D eigenvalue weighted by Gasteiger charge is -2.10. The summed E-state index contributed by atoms with van der Waals surface area (Å²) in [5, 5.41) is 3.97. The number of anilines is 3. The lowest BCUT2D eigenvalue weighted by Crippen LogP contribution is -2.00. The van der Waals surface area contributed by atoms with Gasteiger partial charge in [-0.2, -0.15) is 8.75 Å². The number of halogens is 3. The average Bonchev–Trinajstić information content (AvgIpc) is 2.86. The standard InChI is InChI=1S/C11H6BrCl2N5S/c12-4-1-7(15)11(16-3-4)17-8-5(13)2-6(14)9-10(8)19-20-18-9/h1-3H,15H2,(H,16,17). The smallest absolute Gasteiger partial charge is 0.153 e. The number of benzene rings is 1. The number of nitrogens with zero attached hydrogens (tertiary/aromatic N) is 3. The Morgan fingerprint density at radius 2 is 1.90 bits per heavy atom. The molecular weight excluding hydrogens is 385 g/mol. The van der Waals surface area contributed by atoms with Gasteiger partial charge in [0.25, 0.3) is 0 Å². The fraction of sp³-hybridized carbons (Fsp3) is 0. The van der Waals surface area contributed by atoms with Crippen LogP contribution in [0.15, 0.2) is 22.8 Å². The van der Waals surface area contributed by atoms with Crippen molar-refractivity contribution in [1.29, 1.82) is 0 Å². The van der Waals surface area contributed by atoms with Crippen LogP contribution in [-0.2, 0) is 0 Å². The molecule has 102 valence electrons. The predicted molar refractivity (Wildman–Crippen MR) is 87.1 cm³/mol. The molecular formula is C11H6BrCl2N5S. The summed E-state index contributed by atoms with van der Waals surface area (Å²) < 4.78 is 9.14. The Labute approximate surface area is 136 Å². The molecule has 0 spiro atoms. The van der Waals surface area contributed by atoms with E-state index in [1.807, 2.05) is 0 Å². The third-order valence-electron chi connectivity index (χ3n) is 2.57. The molecule has 3 aromatic rings. The zero-order chi connectivity index (χ0) is 14.3. The van der Waals surface area contributed by atoms with Crippen molar-refractivity contribution < 1.29 is 0 Å². The van der Waals surface area contributed by atoms with Gasteiger partial charge in [0.05, 0.1) is 33.1 Å². The van der Waals surface area contributed by atoms with Gasteiger partial charge in [-0.3, -0.25) is 0 Å². The third kappa shape index (κ3) is 2.42. The maximum atomic E-state index is 6.21. The second-order valence-electron chi connectivity index (χ2n) is 3.89. The van der Waals surface area contributed by atoms with E-state index in [1.54, 1.807) is 18.3 Å². The summed E-state index contributed by atoms with van der Waals surface area (Å²) in [6.45, 7) is 0. The number of nitrogens with one attached hydrogen (secondary N) is 1. The van der Waals surface area contributed by atoms with Gasteiger partial charge in [0.15, 0.2) is 5.82 Å². The van der Waals surface area contributed by atoms with Crippen molar-refractivity contribution in [3.8, 4) is 0 Å². The second-order valence-corrected chi connectivity index (χ2v) is 6.15. The zero-order valence-electron chi connectivity index (χ0n) is 9.69. The summed E-state index contributed by atoms with van der Waals surface area (Å²) in [5.74, 6) is 0.492. The van der Waals surface area contributed by atoms with Gasteiger partial charge >= 0.3 is 0 Å². The highest BCUT2D eigenvalue weighted by molar-refractivity contribution is 9.10. The molecule has 5 nitrogen and oxygen atoms in total. The SMILES string of the molecule is Nc1cc(Br)cnc1Nc1c(Cl)cc(Cl)c2nsnc12. The summed E-state index contributed by atoms with van der Waals surface area (Å²) in [4.78, 5) is 4.21. The van der Waals surface area contributed by atoms with Gasteiger partial charge in [0.1, 0.15) is 11.0 Å². The molecule has 3 rings (SSSR count). The number of rotatable bonds is 2. The van der Waals surface area contributed by atoms with Crippen molar-refractivity contribution in [2.24, 2.45) is 0 Å². The molecule has 0 saturated heterocycles. The number of nitrogens with two attached hydrogens (primary N) is 1. The van der Waals surface area contributed by atoms with E-state index < -0.39 is 0 Å². The monoisotopic (exact) mass is 389 g/mol. The molecule has 0 atom stereocenters. The first-order chi connectivity index (χ1) is 9.56. The van der Waals surface area contributed by atoms with Crippen LogP contribution in [0.2, 0.25) is 10.0 Å². The van der Waals surface area contributed by atoms with E-state index in [2.05, 4.69) is 35.0 Å². The minimum absolute atomic E-state index is 0.430. The Morgan fingerprint density at radius 3 is 2.65 bits per heavy atom. The summed E-state index contributed by atoms with van der Waals surface area (Å²) in [6.07, 6.45) is 1.64. The largest absolute Gasteiger partial charge is 0.396 e. The summed E-state index contributed by atoms with van der Waals surface area (Å²) in [6, 6.07) is 3.36. The molecule has 0 bridgehead atoms. The van der Waals surface area contributed by atoms with Crippen molar-refractivity contribution >= 4 is 79.1 Å². The van der Waals surface area contributed by atoms with Gasteiger partial charge in [-0.05, 0) is 28.1 Å². The van der Waals surface area contributed by atoms with Crippen LogP contribution in [0.1, 0.15) is 0 Å². The highest BCUT2D eigenvalue weighted by Gasteiger charge is 2.15. The maximum absolute atomic E-state index is 6.21. The maximum Gasteiger partial charge on any atom is 0.153 e. The van der Waals surface area contributed by atoms with Crippen molar-refractivity contribution in [2.75, 3.05) is 11.1 Å². The van der Waals surface area contributed by atoms with Crippen LogP contribution >= 0.6 is 50.9 Å². The fourth-order valence-corrected chi connectivity index (χ4v) is 3.18. The van der Waals surface area contributed by atoms with Gasteiger partial charge in [-0.25, -0.2) is 4.98 Å². The van der Waals surface area contributed by atoms with Gasteiger partial charge in [-0.1, -0.05) is 23.2 Å². The molecule has 1 aromatic carbocycles. The first-order valence-electron chi connectivity index (χ1n) is 5.34. The van der Waals surface area contributed by atoms with Crippen LogP contribution < -0.4 is 11.1 Å². The highest BCUT2D eigenvalue weighted by Crippen LogP contribution is 2.37. The normalized spacial score (nSPS) is 10.9. The molecule has 0 unspecified atom stereocenters. The van der Waals surface area contributed by atoms with Crippen LogP contribution in [0.4, 0.5) is 17.2 Å². The molecule has 0 fully saturated rings. The molecule has 0 aliphatic rings. The van der Waals surface area contributed by atoms with Crippen molar-refractivity contribution in [3.05, 3.63) is 32.8 Å². The van der Waals surface area contributed by atoms with E-state index in [0.717, 1.165) is 16.2 Å². The van der Waals surface area contributed by atoms with Gasteiger partial charge < -0.3 is 11.1 Å². The van der Waals surface area contributed by atoms with Crippen molar-refractivity contribution in [1.82, 2.24) is 13.7 Å². The molecule has 0 aliphatic heterocycles. The molecule has 3 N–H and O–H groups in total. The summed E-state index contributed by atoms with van der Waals surface area (Å²) >= 11 is 16.7. The van der Waals surface area contributed by atoms with E-state index in [1.165, 1.54) is 0 Å². The molecule has 0 aliphatic carbocycles. The summed E-state index contributed by atoms with van der Waals surface area (Å²) in [5.41, 5.74) is 8.17. The lowest BCUT2D eigenvalue weighted by atomic mass is 10.2. The Kier molecular flexibility index (Phi) is 3.68. The van der Waals surface area contributed by atoms with Crippen LogP contribution in [0.5, 0.6) is 0 Å². The topological polar surface area (TPSA) is 76.7 Å². The fourth-order valence-electron chi connectivity index (χ4n) is 1.67. The van der Waals surface area contributed by atoms with E-state index in [4.69, 9.17) is 28.9 Å². The van der Waals surface area contributed by atoms with Gasteiger partial charge in [0.2, 0.25) is 0 Å². The number of aromatic nitrogens is 3. The third-order valence-corrected chi connectivity index (χ3v) is 4.12. The second kappa shape index (κ2) is 5.33. The Bertz CT molecular complexity index is 807. The number of nitrogen functional groups attached to an aromatic ring is 1. The first kappa shape index (κ1) is 13.8. The van der Waals surface area contributed by atoms with E-state index >= 15 is 0 Å². The number of pyridine rings is 1. The van der Waals surface area contributed by atoms with E-state index in [-0.39, 0.29) is 0 Å². The number of fused-ring (bicyclic) bond motifs is 1. The molecule has 0 radical (unpaired) electrons. The zero-order valence-corrected chi connectivity index (χ0v) is 13.6. The average molecular weight is 391 g/mol. The molecule has 0 amide bonds. The summed E-state index contributed by atoms with van der Waals surface area (Å²) in [7, 11) is 0. The van der Waals surface area contributed by atoms with E-state index in [9.17, 15) is 0 Å².